The summed E-state index contributed by atoms with van der Waals surface area (Å²) in [5, 5.41) is 2.61. The zero-order valence-electron chi connectivity index (χ0n) is 16.2. The number of hydrogen-bond donors (Lipinski definition) is 1. The van der Waals surface area contributed by atoms with Gasteiger partial charge in [-0.15, -0.1) is 0 Å². The minimum absolute atomic E-state index is 0.118. The Labute approximate surface area is 170 Å². The van der Waals surface area contributed by atoms with Crippen molar-refractivity contribution >= 4 is 21.7 Å². The van der Waals surface area contributed by atoms with Crippen molar-refractivity contribution in [1.29, 1.82) is 0 Å². The molecule has 8 heteroatoms. The number of amides is 2. The van der Waals surface area contributed by atoms with E-state index in [-0.39, 0.29) is 35.0 Å². The molecule has 0 radical (unpaired) electrons. The molecule has 0 aliphatic carbocycles. The van der Waals surface area contributed by atoms with Gasteiger partial charge < -0.3 is 15.0 Å². The molecule has 0 spiro atoms. The fraction of sp³-hybridized carbons (Fsp3) is 0.333. The first-order chi connectivity index (χ1) is 13.9. The van der Waals surface area contributed by atoms with Crippen LogP contribution in [0, 0.1) is 0 Å². The summed E-state index contributed by atoms with van der Waals surface area (Å²) in [5.74, 6) is -0.237. The van der Waals surface area contributed by atoms with Crippen LogP contribution in [0.4, 0.5) is 0 Å². The number of carbonyl (C=O) groups excluding carboxylic acids is 2. The van der Waals surface area contributed by atoms with Crippen LogP contribution in [0.3, 0.4) is 0 Å². The third-order valence-corrected chi connectivity index (χ3v) is 6.76. The molecule has 1 aliphatic heterocycles. The van der Waals surface area contributed by atoms with Gasteiger partial charge in [-0.3, -0.25) is 9.59 Å². The zero-order valence-corrected chi connectivity index (χ0v) is 17.0. The number of methoxy groups -OCH3 is 1. The van der Waals surface area contributed by atoms with Crippen LogP contribution in [0.2, 0.25) is 0 Å². The lowest BCUT2D eigenvalue weighted by Gasteiger charge is -2.25. The van der Waals surface area contributed by atoms with E-state index < -0.39 is 9.84 Å². The van der Waals surface area contributed by atoms with E-state index in [1.165, 1.54) is 7.11 Å². The summed E-state index contributed by atoms with van der Waals surface area (Å²) in [7, 11) is -1.98. The minimum Gasteiger partial charge on any atom is -0.497 e. The summed E-state index contributed by atoms with van der Waals surface area (Å²) in [5.41, 5.74) is 0.391. The number of ether oxygens (including phenoxy) is 1. The van der Waals surface area contributed by atoms with Crippen molar-refractivity contribution < 1.29 is 22.7 Å². The smallest absolute Gasteiger partial charge is 0.251 e. The molecule has 1 aliphatic rings. The Bertz CT molecular complexity index is 976. The van der Waals surface area contributed by atoms with E-state index in [2.05, 4.69) is 5.32 Å². The maximum atomic E-state index is 12.6. The normalized spacial score (nSPS) is 16.4. The molecule has 0 aromatic heterocycles. The largest absolute Gasteiger partial charge is 0.497 e. The second kappa shape index (κ2) is 9.09. The van der Waals surface area contributed by atoms with Crippen molar-refractivity contribution in [3.63, 3.8) is 0 Å². The van der Waals surface area contributed by atoms with E-state index in [1.807, 2.05) is 0 Å². The fourth-order valence-electron chi connectivity index (χ4n) is 3.44. The summed E-state index contributed by atoms with van der Waals surface area (Å²) >= 11 is 0. The van der Waals surface area contributed by atoms with Gasteiger partial charge in [-0.2, -0.15) is 0 Å². The highest BCUT2D eigenvalue weighted by Gasteiger charge is 2.33. The van der Waals surface area contributed by atoms with E-state index in [1.54, 1.807) is 59.5 Å². The van der Waals surface area contributed by atoms with Crippen LogP contribution in [0.15, 0.2) is 59.5 Å². The zero-order chi connectivity index (χ0) is 20.9. The van der Waals surface area contributed by atoms with Gasteiger partial charge in [0.2, 0.25) is 5.91 Å². The standard InChI is InChI=1S/C21H24N2O5S/c1-28-18-9-5-7-16(13-18)21(25)22-14-20(24)23-12-6-8-17(23)15-29(26,27)19-10-3-2-4-11-19/h2-5,7,9-11,13,17H,6,8,12,14-15H2,1H3,(H,22,25). The third kappa shape index (κ3) is 5.14. The molecule has 0 saturated carbocycles. The quantitative estimate of drug-likeness (QED) is 0.744. The molecule has 1 N–H and O–H groups in total. The Morgan fingerprint density at radius 2 is 1.90 bits per heavy atom. The number of nitrogens with zero attached hydrogens (tertiary/aromatic N) is 1. The summed E-state index contributed by atoms with van der Waals surface area (Å²) in [6, 6.07) is 14.5. The predicted octanol–water partition coefficient (Wildman–Crippen LogP) is 1.89. The lowest BCUT2D eigenvalue weighted by molar-refractivity contribution is -0.130. The van der Waals surface area contributed by atoms with Gasteiger partial charge in [-0.05, 0) is 43.2 Å². The molecule has 7 nitrogen and oxygen atoms in total. The molecule has 3 rings (SSSR count). The van der Waals surface area contributed by atoms with Crippen LogP contribution in [-0.4, -0.2) is 57.1 Å². The monoisotopic (exact) mass is 416 g/mol. The van der Waals surface area contributed by atoms with Crippen LogP contribution in [0.25, 0.3) is 0 Å². The Morgan fingerprint density at radius 1 is 1.14 bits per heavy atom. The number of likely N-dealkylation sites (tertiary alicyclic amines) is 1. The average Bonchev–Trinajstić information content (AvgIpc) is 3.20. The van der Waals surface area contributed by atoms with Crippen molar-refractivity contribution in [3.8, 4) is 5.75 Å². The van der Waals surface area contributed by atoms with Crippen molar-refractivity contribution in [2.45, 2.75) is 23.8 Å². The highest BCUT2D eigenvalue weighted by Crippen LogP contribution is 2.22. The summed E-state index contributed by atoms with van der Waals surface area (Å²) in [6.45, 7) is 0.306. The molecule has 2 aromatic carbocycles. The Morgan fingerprint density at radius 3 is 2.62 bits per heavy atom. The molecule has 1 unspecified atom stereocenters. The first-order valence-corrected chi connectivity index (χ1v) is 11.1. The Balaban J connectivity index is 1.60. The van der Waals surface area contributed by atoms with E-state index in [9.17, 15) is 18.0 Å². The van der Waals surface area contributed by atoms with Crippen LogP contribution in [0.5, 0.6) is 5.75 Å². The number of benzene rings is 2. The van der Waals surface area contributed by atoms with Gasteiger partial charge in [0.1, 0.15) is 5.75 Å². The fourth-order valence-corrected chi connectivity index (χ4v) is 5.06. The van der Waals surface area contributed by atoms with E-state index in [0.717, 1.165) is 6.42 Å². The lowest BCUT2D eigenvalue weighted by Crippen LogP contribution is -2.44. The minimum atomic E-state index is -3.49. The molecule has 1 fully saturated rings. The number of hydrogen-bond acceptors (Lipinski definition) is 5. The average molecular weight is 416 g/mol. The van der Waals surface area contributed by atoms with Gasteiger partial charge >= 0.3 is 0 Å². The Hall–Kier alpha value is -2.87. The second-order valence-corrected chi connectivity index (χ2v) is 8.93. The van der Waals surface area contributed by atoms with Crippen molar-refractivity contribution in [2.24, 2.45) is 0 Å². The van der Waals surface area contributed by atoms with Gasteiger partial charge in [-0.1, -0.05) is 24.3 Å². The topological polar surface area (TPSA) is 92.8 Å². The van der Waals surface area contributed by atoms with Crippen molar-refractivity contribution in [1.82, 2.24) is 10.2 Å². The van der Waals surface area contributed by atoms with Gasteiger partial charge in [-0.25, -0.2) is 8.42 Å². The molecule has 2 aromatic rings. The highest BCUT2D eigenvalue weighted by atomic mass is 32.2. The molecule has 1 atom stereocenters. The molecule has 2 amide bonds. The second-order valence-electron chi connectivity index (χ2n) is 6.89. The van der Waals surface area contributed by atoms with Crippen LogP contribution >= 0.6 is 0 Å². The Kier molecular flexibility index (Phi) is 6.53. The SMILES string of the molecule is COc1cccc(C(=O)NCC(=O)N2CCCC2CS(=O)(=O)c2ccccc2)c1. The van der Waals surface area contributed by atoms with Crippen molar-refractivity contribution in [3.05, 3.63) is 60.2 Å². The van der Waals surface area contributed by atoms with Gasteiger partial charge in [0, 0.05) is 18.2 Å². The molecule has 0 bridgehead atoms. The molecule has 1 heterocycles. The van der Waals surface area contributed by atoms with Crippen LogP contribution < -0.4 is 10.1 Å². The third-order valence-electron chi connectivity index (χ3n) is 4.94. The summed E-state index contributed by atoms with van der Waals surface area (Å²) in [4.78, 5) is 26.7. The number of carbonyl (C=O) groups is 2. The van der Waals surface area contributed by atoms with Gasteiger partial charge in [0.15, 0.2) is 9.84 Å². The highest BCUT2D eigenvalue weighted by molar-refractivity contribution is 7.91. The molecular weight excluding hydrogens is 392 g/mol. The first kappa shape index (κ1) is 20.9. The predicted molar refractivity (Wildman–Crippen MR) is 109 cm³/mol. The first-order valence-electron chi connectivity index (χ1n) is 9.40. The molecule has 1 saturated heterocycles. The molecular formula is C21H24N2O5S. The van der Waals surface area contributed by atoms with Crippen LogP contribution in [-0.2, 0) is 14.6 Å². The van der Waals surface area contributed by atoms with E-state index >= 15 is 0 Å². The van der Waals surface area contributed by atoms with Crippen molar-refractivity contribution in [2.75, 3.05) is 26.0 Å². The summed E-state index contributed by atoms with van der Waals surface area (Å²) in [6.07, 6.45) is 1.37. The molecule has 29 heavy (non-hydrogen) atoms. The van der Waals surface area contributed by atoms with Gasteiger partial charge in [0.05, 0.1) is 24.3 Å². The van der Waals surface area contributed by atoms with E-state index in [4.69, 9.17) is 4.74 Å². The van der Waals surface area contributed by atoms with Gasteiger partial charge in [0.25, 0.3) is 5.91 Å². The number of nitrogens with one attached hydrogen (secondary N) is 1. The number of rotatable bonds is 7. The maximum absolute atomic E-state index is 12.6. The van der Waals surface area contributed by atoms with Crippen LogP contribution in [0.1, 0.15) is 23.2 Å². The molecule has 154 valence electrons. The lowest BCUT2D eigenvalue weighted by atomic mass is 10.2. The number of sulfone groups is 1. The summed E-state index contributed by atoms with van der Waals surface area (Å²) < 4.78 is 30.4. The van der Waals surface area contributed by atoms with E-state index in [0.29, 0.717) is 24.3 Å². The maximum Gasteiger partial charge on any atom is 0.251 e.